The Kier molecular flexibility index (Phi) is 6.30. The summed E-state index contributed by atoms with van der Waals surface area (Å²) in [5.74, 6) is -1.34. The van der Waals surface area contributed by atoms with Crippen LogP contribution in [0.1, 0.15) is 52.9 Å². The lowest BCUT2D eigenvalue weighted by Crippen LogP contribution is -2.58. The Balaban J connectivity index is 2.99. The summed E-state index contributed by atoms with van der Waals surface area (Å²) in [5.41, 5.74) is -1.26. The number of aliphatic carboxylic acids is 1. The Morgan fingerprint density at radius 3 is 2.35 bits per heavy atom. The standard InChI is InChI=1S/C17H33NO4Si/c1-16(2,3)22-15(21)18-17(11-12-23(4,5)6)10-8-7-9-13(17)14(19)20/h13H,7-12H2,1-6H3,(H,18,21)(H,19,20). The molecule has 0 aliphatic heterocycles. The number of rotatable bonds is 5. The van der Waals surface area contributed by atoms with E-state index in [4.69, 9.17) is 4.74 Å². The molecule has 1 aliphatic carbocycles. The van der Waals surface area contributed by atoms with Gasteiger partial charge in [0.2, 0.25) is 0 Å². The summed E-state index contributed by atoms with van der Waals surface area (Å²) in [7, 11) is -1.34. The van der Waals surface area contributed by atoms with E-state index >= 15 is 0 Å². The van der Waals surface area contributed by atoms with Crippen LogP contribution in [0.15, 0.2) is 0 Å². The van der Waals surface area contributed by atoms with E-state index in [-0.39, 0.29) is 0 Å². The van der Waals surface area contributed by atoms with Gasteiger partial charge in [-0.25, -0.2) is 4.79 Å². The number of carbonyl (C=O) groups is 2. The molecule has 2 atom stereocenters. The van der Waals surface area contributed by atoms with Gasteiger partial charge < -0.3 is 15.2 Å². The molecule has 0 aromatic carbocycles. The number of hydrogen-bond donors (Lipinski definition) is 2. The second-order valence-corrected chi connectivity index (χ2v) is 14.6. The van der Waals surface area contributed by atoms with E-state index in [9.17, 15) is 14.7 Å². The predicted molar refractivity (Wildman–Crippen MR) is 94.5 cm³/mol. The van der Waals surface area contributed by atoms with Crippen molar-refractivity contribution in [2.75, 3.05) is 0 Å². The maximum atomic E-state index is 12.3. The fourth-order valence-corrected chi connectivity index (χ4v) is 4.41. The van der Waals surface area contributed by atoms with Gasteiger partial charge >= 0.3 is 12.1 Å². The molecule has 0 radical (unpaired) electrons. The van der Waals surface area contributed by atoms with E-state index in [1.807, 2.05) is 20.8 Å². The third-order valence-electron chi connectivity index (χ3n) is 4.40. The van der Waals surface area contributed by atoms with E-state index in [2.05, 4.69) is 25.0 Å². The predicted octanol–water partition coefficient (Wildman–Crippen LogP) is 4.25. The summed E-state index contributed by atoms with van der Waals surface area (Å²) in [6.07, 6.45) is 3.41. The molecule has 0 heterocycles. The lowest BCUT2D eigenvalue weighted by atomic mass is 9.71. The first-order chi connectivity index (χ1) is 10.3. The Labute approximate surface area is 141 Å². The zero-order chi connectivity index (χ0) is 17.9. The summed E-state index contributed by atoms with van der Waals surface area (Å²) in [6, 6.07) is 0.993. The molecular weight excluding hydrogens is 310 g/mol. The van der Waals surface area contributed by atoms with Crippen molar-refractivity contribution in [1.82, 2.24) is 5.32 Å². The van der Waals surface area contributed by atoms with Crippen LogP contribution < -0.4 is 5.32 Å². The summed E-state index contributed by atoms with van der Waals surface area (Å²) in [4.78, 5) is 24.1. The molecule has 0 saturated heterocycles. The van der Waals surface area contributed by atoms with Crippen LogP contribution in [0.4, 0.5) is 4.79 Å². The van der Waals surface area contributed by atoms with Crippen molar-refractivity contribution in [3.63, 3.8) is 0 Å². The van der Waals surface area contributed by atoms with Gasteiger partial charge in [-0.2, -0.15) is 0 Å². The topological polar surface area (TPSA) is 75.6 Å². The van der Waals surface area contributed by atoms with E-state index in [1.54, 1.807) is 0 Å². The molecule has 0 bridgehead atoms. The normalized spacial score (nSPS) is 25.7. The molecule has 1 saturated carbocycles. The van der Waals surface area contributed by atoms with Gasteiger partial charge in [0.15, 0.2) is 0 Å². The molecule has 1 rings (SSSR count). The van der Waals surface area contributed by atoms with Gasteiger partial charge in [0.1, 0.15) is 5.60 Å². The monoisotopic (exact) mass is 343 g/mol. The molecule has 2 N–H and O–H groups in total. The number of ether oxygens (including phenoxy) is 1. The highest BCUT2D eigenvalue weighted by Crippen LogP contribution is 2.39. The second kappa shape index (κ2) is 7.24. The van der Waals surface area contributed by atoms with E-state index < -0.39 is 37.2 Å². The van der Waals surface area contributed by atoms with Crippen molar-refractivity contribution in [2.24, 2.45) is 5.92 Å². The Morgan fingerprint density at radius 1 is 1.26 bits per heavy atom. The summed E-state index contributed by atoms with van der Waals surface area (Å²) >= 11 is 0. The number of amides is 1. The zero-order valence-corrected chi connectivity index (χ0v) is 16.5. The highest BCUT2D eigenvalue weighted by molar-refractivity contribution is 6.76. The SMILES string of the molecule is CC(C)(C)OC(=O)NC1(CC[Si](C)(C)C)CCCCC1C(=O)O. The summed E-state index contributed by atoms with van der Waals surface area (Å²) in [5, 5.41) is 12.6. The van der Waals surface area contributed by atoms with E-state index in [0.29, 0.717) is 12.8 Å². The van der Waals surface area contributed by atoms with Crippen molar-refractivity contribution in [1.29, 1.82) is 0 Å². The Bertz CT molecular complexity index is 439. The van der Waals surface area contributed by atoms with Crippen LogP contribution in [0.2, 0.25) is 25.7 Å². The molecule has 5 nitrogen and oxygen atoms in total. The lowest BCUT2D eigenvalue weighted by molar-refractivity contribution is -0.146. The van der Waals surface area contributed by atoms with Crippen molar-refractivity contribution in [2.45, 2.75) is 89.7 Å². The van der Waals surface area contributed by atoms with Crippen molar-refractivity contribution in [3.05, 3.63) is 0 Å². The van der Waals surface area contributed by atoms with Crippen LogP contribution in [-0.4, -0.2) is 36.4 Å². The average Bonchev–Trinajstić information content (AvgIpc) is 2.33. The van der Waals surface area contributed by atoms with Crippen LogP contribution in [0.25, 0.3) is 0 Å². The smallest absolute Gasteiger partial charge is 0.408 e. The fraction of sp³-hybridized carbons (Fsp3) is 0.882. The molecule has 1 aliphatic rings. The minimum atomic E-state index is -1.34. The van der Waals surface area contributed by atoms with Crippen LogP contribution in [0, 0.1) is 5.92 Å². The molecule has 0 spiro atoms. The van der Waals surface area contributed by atoms with Gasteiger partial charge in [0, 0.05) is 8.07 Å². The van der Waals surface area contributed by atoms with Crippen molar-refractivity contribution < 1.29 is 19.4 Å². The summed E-state index contributed by atoms with van der Waals surface area (Å²) in [6.45, 7) is 12.3. The van der Waals surface area contributed by atoms with Crippen LogP contribution >= 0.6 is 0 Å². The minimum Gasteiger partial charge on any atom is -0.481 e. The van der Waals surface area contributed by atoms with Crippen molar-refractivity contribution in [3.8, 4) is 0 Å². The van der Waals surface area contributed by atoms with Crippen LogP contribution in [0.5, 0.6) is 0 Å². The number of carbonyl (C=O) groups excluding carboxylic acids is 1. The zero-order valence-electron chi connectivity index (χ0n) is 15.5. The highest BCUT2D eigenvalue weighted by atomic mass is 28.3. The number of carboxylic acid groups (broad SMARTS) is 1. The molecular formula is C17H33NO4Si. The van der Waals surface area contributed by atoms with Crippen LogP contribution in [-0.2, 0) is 9.53 Å². The third kappa shape index (κ3) is 6.53. The largest absolute Gasteiger partial charge is 0.481 e. The third-order valence-corrected chi connectivity index (χ3v) is 6.15. The molecule has 0 aromatic heterocycles. The minimum absolute atomic E-state index is 0.499. The number of alkyl carbamates (subject to hydrolysis) is 1. The van der Waals surface area contributed by atoms with E-state index in [0.717, 1.165) is 25.3 Å². The van der Waals surface area contributed by atoms with Gasteiger partial charge in [-0.3, -0.25) is 4.79 Å². The maximum absolute atomic E-state index is 12.3. The van der Waals surface area contributed by atoms with Gasteiger partial charge in [-0.05, 0) is 40.0 Å². The highest BCUT2D eigenvalue weighted by Gasteiger charge is 2.46. The first-order valence-electron chi connectivity index (χ1n) is 8.59. The quantitative estimate of drug-likeness (QED) is 0.732. The fourth-order valence-electron chi connectivity index (χ4n) is 3.22. The van der Waals surface area contributed by atoms with Crippen LogP contribution in [0.3, 0.4) is 0 Å². The Hall–Kier alpha value is -1.04. The average molecular weight is 344 g/mol. The maximum Gasteiger partial charge on any atom is 0.408 e. The van der Waals surface area contributed by atoms with E-state index in [1.165, 1.54) is 0 Å². The molecule has 134 valence electrons. The molecule has 6 heteroatoms. The lowest BCUT2D eigenvalue weighted by Gasteiger charge is -2.44. The Morgan fingerprint density at radius 2 is 1.87 bits per heavy atom. The number of nitrogens with one attached hydrogen (secondary N) is 1. The van der Waals surface area contributed by atoms with Gasteiger partial charge in [0.25, 0.3) is 0 Å². The van der Waals surface area contributed by atoms with Gasteiger partial charge in [-0.1, -0.05) is 38.5 Å². The molecule has 0 aromatic rings. The molecule has 23 heavy (non-hydrogen) atoms. The van der Waals surface area contributed by atoms with Crippen molar-refractivity contribution >= 4 is 20.1 Å². The molecule has 1 fully saturated rings. The number of hydrogen-bond acceptors (Lipinski definition) is 3. The second-order valence-electron chi connectivity index (χ2n) is 8.98. The van der Waals surface area contributed by atoms with Gasteiger partial charge in [0.05, 0.1) is 11.5 Å². The first kappa shape index (κ1) is 20.0. The molecule has 2 unspecified atom stereocenters. The van der Waals surface area contributed by atoms with Gasteiger partial charge in [-0.15, -0.1) is 0 Å². The molecule has 1 amide bonds. The summed E-state index contributed by atoms with van der Waals surface area (Å²) < 4.78 is 5.39. The first-order valence-corrected chi connectivity index (χ1v) is 12.3. The number of carboxylic acids is 1.